The number of ether oxygens (including phenoxy) is 1. The minimum Gasteiger partial charge on any atom is -0.445 e. The van der Waals surface area contributed by atoms with Gasteiger partial charge in [0.25, 0.3) is 0 Å². The number of carbonyl (C=O) groups excluding carboxylic acids is 1. The predicted molar refractivity (Wildman–Crippen MR) is 95.7 cm³/mol. The number of hydrogen-bond acceptors (Lipinski definition) is 4. The summed E-state index contributed by atoms with van der Waals surface area (Å²) in [6, 6.07) is 17.2. The Morgan fingerprint density at radius 2 is 1.80 bits per heavy atom. The normalized spacial score (nSPS) is 9.92. The molecule has 0 aliphatic heterocycles. The Morgan fingerprint density at radius 3 is 2.64 bits per heavy atom. The molecule has 0 saturated heterocycles. The van der Waals surface area contributed by atoms with Crippen LogP contribution in [0, 0.1) is 11.8 Å². The number of nitrogens with zero attached hydrogens (tertiary/aromatic N) is 2. The Labute approximate surface area is 146 Å². The first-order valence-electron chi connectivity index (χ1n) is 7.96. The molecule has 0 aliphatic rings. The molecule has 5 heteroatoms. The molecule has 0 spiro atoms. The molecule has 0 saturated carbocycles. The van der Waals surface area contributed by atoms with Crippen molar-refractivity contribution in [1.82, 2.24) is 15.3 Å². The minimum atomic E-state index is -0.448. The third-order valence-electron chi connectivity index (χ3n) is 3.40. The number of carbonyl (C=O) groups is 1. The molecule has 2 aromatic carbocycles. The molecule has 0 fully saturated rings. The lowest BCUT2D eigenvalue weighted by Crippen LogP contribution is -2.24. The van der Waals surface area contributed by atoms with Crippen molar-refractivity contribution in [1.29, 1.82) is 0 Å². The fraction of sp³-hybridized carbons (Fsp3) is 0.150. The van der Waals surface area contributed by atoms with Gasteiger partial charge in [0.2, 0.25) is 0 Å². The van der Waals surface area contributed by atoms with Crippen LogP contribution in [0.1, 0.15) is 17.7 Å². The van der Waals surface area contributed by atoms with Crippen molar-refractivity contribution in [2.45, 2.75) is 13.0 Å². The van der Waals surface area contributed by atoms with Gasteiger partial charge in [-0.3, -0.25) is 4.98 Å². The first-order valence-corrected chi connectivity index (χ1v) is 7.96. The first kappa shape index (κ1) is 16.5. The molecule has 3 aromatic rings. The van der Waals surface area contributed by atoms with E-state index < -0.39 is 6.09 Å². The molecule has 0 radical (unpaired) electrons. The molecular formula is C20H17N3O2. The lowest BCUT2D eigenvalue weighted by molar-refractivity contribution is 0.140. The quantitative estimate of drug-likeness (QED) is 0.588. The van der Waals surface area contributed by atoms with E-state index in [0.717, 1.165) is 16.6 Å². The van der Waals surface area contributed by atoms with Crippen LogP contribution < -0.4 is 5.32 Å². The zero-order chi connectivity index (χ0) is 17.3. The van der Waals surface area contributed by atoms with Gasteiger partial charge in [0.1, 0.15) is 12.3 Å². The second-order valence-electron chi connectivity index (χ2n) is 5.28. The molecule has 0 atom stereocenters. The summed E-state index contributed by atoms with van der Waals surface area (Å²) in [4.78, 5) is 20.3. The fourth-order valence-corrected chi connectivity index (χ4v) is 2.17. The second kappa shape index (κ2) is 8.46. The average molecular weight is 331 g/mol. The van der Waals surface area contributed by atoms with Gasteiger partial charge in [-0.15, -0.1) is 0 Å². The number of amides is 1. The highest BCUT2D eigenvalue weighted by Crippen LogP contribution is 2.07. The highest BCUT2D eigenvalue weighted by atomic mass is 16.5. The molecular weight excluding hydrogens is 314 g/mol. The van der Waals surface area contributed by atoms with E-state index in [0.29, 0.717) is 18.7 Å². The SMILES string of the molecule is O=C(NCCC#Cc1cnc2ccccc2n1)OCc1ccccc1. The Hall–Kier alpha value is -3.39. The summed E-state index contributed by atoms with van der Waals surface area (Å²) in [6.45, 7) is 0.673. The molecule has 0 unspecified atom stereocenters. The van der Waals surface area contributed by atoms with Crippen molar-refractivity contribution in [3.8, 4) is 11.8 Å². The standard InChI is InChI=1S/C20H17N3O2/c24-20(25-15-16-8-2-1-3-9-16)21-13-7-6-10-17-14-22-18-11-4-5-12-19(18)23-17/h1-5,8-9,11-12,14H,7,13,15H2,(H,21,24). The van der Waals surface area contributed by atoms with E-state index in [-0.39, 0.29) is 6.61 Å². The zero-order valence-corrected chi connectivity index (χ0v) is 13.6. The van der Waals surface area contributed by atoms with Crippen LogP contribution >= 0.6 is 0 Å². The highest BCUT2D eigenvalue weighted by molar-refractivity contribution is 5.74. The summed E-state index contributed by atoms with van der Waals surface area (Å²) in [5.41, 5.74) is 3.23. The van der Waals surface area contributed by atoms with Crippen LogP contribution in [0.2, 0.25) is 0 Å². The summed E-state index contributed by atoms with van der Waals surface area (Å²) in [5, 5.41) is 2.67. The molecule has 1 amide bonds. The van der Waals surface area contributed by atoms with Crippen LogP contribution in [0.3, 0.4) is 0 Å². The number of aromatic nitrogens is 2. The van der Waals surface area contributed by atoms with Gasteiger partial charge in [-0.1, -0.05) is 48.4 Å². The van der Waals surface area contributed by atoms with Gasteiger partial charge in [-0.2, -0.15) is 0 Å². The van der Waals surface area contributed by atoms with Crippen LogP contribution in [-0.2, 0) is 11.3 Å². The van der Waals surface area contributed by atoms with Gasteiger partial charge >= 0.3 is 6.09 Å². The summed E-state index contributed by atoms with van der Waals surface area (Å²) in [5.74, 6) is 5.93. The number of para-hydroxylation sites is 2. The monoisotopic (exact) mass is 331 g/mol. The van der Waals surface area contributed by atoms with Gasteiger partial charge in [0.05, 0.1) is 17.2 Å². The largest absolute Gasteiger partial charge is 0.445 e. The molecule has 0 bridgehead atoms. The number of fused-ring (bicyclic) bond motifs is 1. The molecule has 0 aliphatic carbocycles. The molecule has 25 heavy (non-hydrogen) atoms. The van der Waals surface area contributed by atoms with Crippen molar-refractivity contribution in [2.24, 2.45) is 0 Å². The van der Waals surface area contributed by atoms with Crippen molar-refractivity contribution >= 4 is 17.1 Å². The highest BCUT2D eigenvalue weighted by Gasteiger charge is 2.00. The molecule has 3 rings (SSSR count). The third kappa shape index (κ3) is 5.05. The molecule has 1 N–H and O–H groups in total. The maximum atomic E-state index is 11.6. The lowest BCUT2D eigenvalue weighted by Gasteiger charge is -2.05. The second-order valence-corrected chi connectivity index (χ2v) is 5.28. The van der Waals surface area contributed by atoms with Gasteiger partial charge in [-0.25, -0.2) is 9.78 Å². The van der Waals surface area contributed by atoms with Crippen LogP contribution in [0.25, 0.3) is 11.0 Å². The van der Waals surface area contributed by atoms with Crippen LogP contribution in [0.5, 0.6) is 0 Å². The summed E-state index contributed by atoms with van der Waals surface area (Å²) >= 11 is 0. The summed E-state index contributed by atoms with van der Waals surface area (Å²) in [6.07, 6.45) is 1.71. The maximum absolute atomic E-state index is 11.6. The van der Waals surface area contributed by atoms with Gasteiger partial charge in [0, 0.05) is 13.0 Å². The van der Waals surface area contributed by atoms with Crippen molar-refractivity contribution in [2.75, 3.05) is 6.54 Å². The number of nitrogens with one attached hydrogen (secondary N) is 1. The Kier molecular flexibility index (Phi) is 5.57. The molecule has 5 nitrogen and oxygen atoms in total. The topological polar surface area (TPSA) is 64.1 Å². The predicted octanol–water partition coefficient (Wildman–Crippen LogP) is 3.30. The van der Waals surface area contributed by atoms with E-state index in [2.05, 4.69) is 27.1 Å². The third-order valence-corrected chi connectivity index (χ3v) is 3.40. The van der Waals surface area contributed by atoms with E-state index >= 15 is 0 Å². The zero-order valence-electron chi connectivity index (χ0n) is 13.6. The number of rotatable bonds is 4. The van der Waals surface area contributed by atoms with Crippen molar-refractivity contribution in [3.05, 3.63) is 72.1 Å². The van der Waals surface area contributed by atoms with Crippen LogP contribution in [-0.4, -0.2) is 22.6 Å². The van der Waals surface area contributed by atoms with E-state index in [1.165, 1.54) is 0 Å². The van der Waals surface area contributed by atoms with Gasteiger partial charge < -0.3 is 10.1 Å². The summed E-state index contributed by atoms with van der Waals surface area (Å²) in [7, 11) is 0. The van der Waals surface area contributed by atoms with Crippen molar-refractivity contribution < 1.29 is 9.53 Å². The van der Waals surface area contributed by atoms with Crippen molar-refractivity contribution in [3.63, 3.8) is 0 Å². The fourth-order valence-electron chi connectivity index (χ4n) is 2.17. The van der Waals surface area contributed by atoms with E-state index in [9.17, 15) is 4.79 Å². The first-order chi connectivity index (χ1) is 12.3. The molecule has 1 aromatic heterocycles. The van der Waals surface area contributed by atoms with Gasteiger partial charge in [0.15, 0.2) is 0 Å². The summed E-state index contributed by atoms with van der Waals surface area (Å²) < 4.78 is 5.12. The van der Waals surface area contributed by atoms with E-state index in [1.54, 1.807) is 6.20 Å². The number of alkyl carbamates (subject to hydrolysis) is 1. The Morgan fingerprint density at radius 1 is 1.04 bits per heavy atom. The Balaban J connectivity index is 1.42. The molecule has 124 valence electrons. The van der Waals surface area contributed by atoms with Gasteiger partial charge in [-0.05, 0) is 23.6 Å². The number of hydrogen-bond donors (Lipinski definition) is 1. The minimum absolute atomic E-state index is 0.255. The number of benzene rings is 2. The lowest BCUT2D eigenvalue weighted by atomic mass is 10.2. The van der Waals surface area contributed by atoms with E-state index in [4.69, 9.17) is 4.74 Å². The molecule has 1 heterocycles. The van der Waals surface area contributed by atoms with E-state index in [1.807, 2.05) is 54.6 Å². The Bertz CT molecular complexity index is 914. The maximum Gasteiger partial charge on any atom is 0.407 e. The van der Waals surface area contributed by atoms with Crippen LogP contribution in [0.15, 0.2) is 60.8 Å². The smallest absolute Gasteiger partial charge is 0.407 e. The average Bonchev–Trinajstić information content (AvgIpc) is 2.67. The van der Waals surface area contributed by atoms with Crippen LogP contribution in [0.4, 0.5) is 4.79 Å².